The van der Waals surface area contributed by atoms with Crippen LogP contribution in [0.5, 0.6) is 0 Å². The van der Waals surface area contributed by atoms with Crippen molar-refractivity contribution in [3.8, 4) is 0 Å². The zero-order chi connectivity index (χ0) is 27.9. The molecule has 0 N–H and O–H groups in total. The molecule has 2 aliphatic rings. The van der Waals surface area contributed by atoms with Crippen LogP contribution in [0.1, 0.15) is 24.0 Å². The molecule has 2 aliphatic heterocycles. The highest BCUT2D eigenvalue weighted by Crippen LogP contribution is 2.23. The summed E-state index contributed by atoms with van der Waals surface area (Å²) in [6.45, 7) is -1.28. The molecule has 2 aromatic carbocycles. The number of hydrogen-bond acceptors (Lipinski definition) is 9. The van der Waals surface area contributed by atoms with Crippen molar-refractivity contribution in [2.75, 3.05) is 20.3 Å². The van der Waals surface area contributed by atoms with Gasteiger partial charge in [0.1, 0.15) is 12.6 Å². The average Bonchev–Trinajstić information content (AvgIpc) is 3.50. The van der Waals surface area contributed by atoms with Gasteiger partial charge in [-0.2, -0.15) is 0 Å². The molecule has 12 heteroatoms. The third-order valence-electron chi connectivity index (χ3n) is 6.41. The Bertz CT molecular complexity index is 1250. The normalized spacial score (nSPS) is 18.7. The highest BCUT2D eigenvalue weighted by atomic mass is 16.6. The number of rotatable bonds is 8. The van der Waals surface area contributed by atoms with Crippen LogP contribution in [0.2, 0.25) is 0 Å². The van der Waals surface area contributed by atoms with Crippen LogP contribution < -0.4 is 0 Å². The van der Waals surface area contributed by atoms with Crippen molar-refractivity contribution in [1.82, 2.24) is 14.7 Å². The molecule has 0 unspecified atom stereocenters. The standard InChI is InChI=1S/C27H27N3O9/c1-37-24(33)21-15-29(26(35)30(21)27(36)39-16-19-10-6-3-7-11-19)23(32)17-38-25(34)20-12-13-22(31)28(20)14-18-8-4-2-5-9-18/h2-11,20-21H,12-17H2,1H3/t20-,21-/m0/s1. The number of esters is 2. The molecule has 4 rings (SSSR count). The van der Waals surface area contributed by atoms with Crippen molar-refractivity contribution in [3.63, 3.8) is 0 Å². The molecule has 0 aliphatic carbocycles. The fraction of sp³-hybridized carbons (Fsp3) is 0.333. The van der Waals surface area contributed by atoms with E-state index in [1.54, 1.807) is 30.3 Å². The second kappa shape index (κ2) is 12.2. The van der Waals surface area contributed by atoms with Crippen molar-refractivity contribution in [1.29, 1.82) is 0 Å². The van der Waals surface area contributed by atoms with Gasteiger partial charge in [0.2, 0.25) is 5.91 Å². The van der Waals surface area contributed by atoms with Gasteiger partial charge in [0, 0.05) is 13.0 Å². The lowest BCUT2D eigenvalue weighted by molar-refractivity contribution is -0.156. The Hall–Kier alpha value is -4.74. The number of ether oxygens (including phenoxy) is 3. The van der Waals surface area contributed by atoms with Crippen LogP contribution in [0.3, 0.4) is 0 Å². The second-order valence-corrected chi connectivity index (χ2v) is 8.91. The fourth-order valence-electron chi connectivity index (χ4n) is 4.38. The smallest absolute Gasteiger partial charge is 0.419 e. The van der Waals surface area contributed by atoms with Gasteiger partial charge in [-0.3, -0.25) is 14.5 Å². The summed E-state index contributed by atoms with van der Waals surface area (Å²) in [4.78, 5) is 78.4. The van der Waals surface area contributed by atoms with Crippen LogP contribution in [0.15, 0.2) is 60.7 Å². The van der Waals surface area contributed by atoms with E-state index in [9.17, 15) is 28.8 Å². The van der Waals surface area contributed by atoms with E-state index in [0.29, 0.717) is 15.4 Å². The highest BCUT2D eigenvalue weighted by molar-refractivity contribution is 6.06. The van der Waals surface area contributed by atoms with Gasteiger partial charge in [-0.1, -0.05) is 60.7 Å². The third-order valence-corrected chi connectivity index (χ3v) is 6.41. The van der Waals surface area contributed by atoms with Gasteiger partial charge in [0.25, 0.3) is 5.91 Å². The van der Waals surface area contributed by atoms with Gasteiger partial charge in [-0.15, -0.1) is 0 Å². The van der Waals surface area contributed by atoms with Crippen molar-refractivity contribution >= 4 is 35.9 Å². The van der Waals surface area contributed by atoms with E-state index in [2.05, 4.69) is 4.74 Å². The zero-order valence-corrected chi connectivity index (χ0v) is 21.2. The van der Waals surface area contributed by atoms with Gasteiger partial charge in [0.15, 0.2) is 12.6 Å². The Kier molecular flexibility index (Phi) is 8.54. The lowest BCUT2D eigenvalue weighted by atomic mass is 10.2. The number of imide groups is 2. The summed E-state index contributed by atoms with van der Waals surface area (Å²) in [5, 5.41) is 0. The maximum absolute atomic E-state index is 13.0. The van der Waals surface area contributed by atoms with Gasteiger partial charge in [-0.05, 0) is 17.5 Å². The number of urea groups is 1. The first-order valence-electron chi connectivity index (χ1n) is 12.2. The summed E-state index contributed by atoms with van der Waals surface area (Å²) < 4.78 is 15.0. The lowest BCUT2D eigenvalue weighted by Crippen LogP contribution is -2.45. The van der Waals surface area contributed by atoms with E-state index in [-0.39, 0.29) is 31.9 Å². The van der Waals surface area contributed by atoms with Gasteiger partial charge in [-0.25, -0.2) is 24.1 Å². The van der Waals surface area contributed by atoms with Crippen molar-refractivity contribution in [2.45, 2.75) is 38.1 Å². The molecule has 0 spiro atoms. The first kappa shape index (κ1) is 27.3. The minimum absolute atomic E-state index is 0.159. The van der Waals surface area contributed by atoms with E-state index in [4.69, 9.17) is 9.47 Å². The largest absolute Gasteiger partial charge is 0.467 e. The Labute approximate surface area is 224 Å². The maximum atomic E-state index is 13.0. The molecule has 2 heterocycles. The SMILES string of the molecule is COC(=O)[C@@H]1CN(C(=O)COC(=O)[C@@H]2CCC(=O)N2Cc2ccccc2)C(=O)N1C(=O)OCc1ccccc1. The summed E-state index contributed by atoms with van der Waals surface area (Å²) >= 11 is 0. The Morgan fingerprint density at radius 1 is 0.846 bits per heavy atom. The number of methoxy groups -OCH3 is 1. The molecule has 12 nitrogen and oxygen atoms in total. The monoisotopic (exact) mass is 537 g/mol. The lowest BCUT2D eigenvalue weighted by Gasteiger charge is -2.23. The predicted molar refractivity (Wildman–Crippen MR) is 132 cm³/mol. The predicted octanol–water partition coefficient (Wildman–Crippen LogP) is 1.86. The van der Waals surface area contributed by atoms with Crippen LogP contribution in [-0.2, 0) is 46.5 Å². The second-order valence-electron chi connectivity index (χ2n) is 8.91. The summed E-state index contributed by atoms with van der Waals surface area (Å²) in [5.41, 5.74) is 1.48. The summed E-state index contributed by atoms with van der Waals surface area (Å²) in [7, 11) is 1.08. The number of benzene rings is 2. The molecule has 204 valence electrons. The molecule has 39 heavy (non-hydrogen) atoms. The Morgan fingerprint density at radius 3 is 2.13 bits per heavy atom. The average molecular weight is 538 g/mol. The number of carbonyl (C=O) groups excluding carboxylic acids is 6. The first-order valence-corrected chi connectivity index (χ1v) is 12.2. The number of carbonyl (C=O) groups is 6. The topological polar surface area (TPSA) is 140 Å². The van der Waals surface area contributed by atoms with Crippen LogP contribution in [0, 0.1) is 0 Å². The van der Waals surface area contributed by atoms with E-state index >= 15 is 0 Å². The quantitative estimate of drug-likeness (QED) is 0.365. The van der Waals surface area contributed by atoms with E-state index in [0.717, 1.165) is 12.7 Å². The number of likely N-dealkylation sites (tertiary alicyclic amines) is 1. The number of hydrogen-bond donors (Lipinski definition) is 0. The third kappa shape index (κ3) is 6.22. The van der Waals surface area contributed by atoms with E-state index in [1.165, 1.54) is 4.90 Å². The van der Waals surface area contributed by atoms with Crippen molar-refractivity contribution in [2.24, 2.45) is 0 Å². The van der Waals surface area contributed by atoms with Crippen LogP contribution in [0.4, 0.5) is 9.59 Å². The minimum Gasteiger partial charge on any atom is -0.467 e. The zero-order valence-electron chi connectivity index (χ0n) is 21.2. The summed E-state index contributed by atoms with van der Waals surface area (Å²) in [6.07, 6.45) is -0.744. The molecule has 0 bridgehead atoms. The van der Waals surface area contributed by atoms with Gasteiger partial charge in [0.05, 0.1) is 13.7 Å². The van der Waals surface area contributed by atoms with Crippen LogP contribution in [0.25, 0.3) is 0 Å². The van der Waals surface area contributed by atoms with E-state index < -0.39 is 55.2 Å². The fourth-order valence-corrected chi connectivity index (χ4v) is 4.38. The molecule has 2 fully saturated rings. The molecule has 2 aromatic rings. The number of nitrogens with zero attached hydrogens (tertiary/aromatic N) is 3. The van der Waals surface area contributed by atoms with Crippen molar-refractivity contribution in [3.05, 3.63) is 71.8 Å². The molecule has 0 aromatic heterocycles. The van der Waals surface area contributed by atoms with Gasteiger partial charge < -0.3 is 19.1 Å². The molecule has 0 saturated carbocycles. The molecular weight excluding hydrogens is 510 g/mol. The Morgan fingerprint density at radius 2 is 1.49 bits per heavy atom. The molecule has 2 saturated heterocycles. The molecule has 2 atom stereocenters. The van der Waals surface area contributed by atoms with Crippen LogP contribution >= 0.6 is 0 Å². The molecule has 5 amide bonds. The summed E-state index contributed by atoms with van der Waals surface area (Å²) in [6, 6.07) is 14.4. The first-order chi connectivity index (χ1) is 18.8. The van der Waals surface area contributed by atoms with Gasteiger partial charge >= 0.3 is 24.1 Å². The summed E-state index contributed by atoms with van der Waals surface area (Å²) in [5.74, 6) is -2.87. The van der Waals surface area contributed by atoms with Crippen molar-refractivity contribution < 1.29 is 43.0 Å². The van der Waals surface area contributed by atoms with E-state index in [1.807, 2.05) is 30.3 Å². The maximum Gasteiger partial charge on any atom is 0.419 e. The highest BCUT2D eigenvalue weighted by Gasteiger charge is 2.49. The Balaban J connectivity index is 1.37. The van der Waals surface area contributed by atoms with Crippen LogP contribution in [-0.4, -0.2) is 82.9 Å². The molecule has 0 radical (unpaired) electrons. The number of amides is 5. The molecular formula is C27H27N3O9. The minimum atomic E-state index is -1.43.